The molecule has 0 bridgehead atoms. The van der Waals surface area contributed by atoms with Gasteiger partial charge in [-0.2, -0.15) is 0 Å². The van der Waals surface area contributed by atoms with E-state index in [9.17, 15) is 9.00 Å². The van der Waals surface area contributed by atoms with Crippen molar-refractivity contribution < 1.29 is 9.00 Å². The van der Waals surface area contributed by atoms with Crippen molar-refractivity contribution in [2.45, 2.75) is 30.9 Å². The minimum absolute atomic E-state index is 0.0742. The minimum Gasteiger partial charge on any atom is -0.385 e. The summed E-state index contributed by atoms with van der Waals surface area (Å²) in [6.45, 7) is 3.36. The molecule has 0 saturated carbocycles. The van der Waals surface area contributed by atoms with E-state index in [2.05, 4.69) is 10.6 Å². The summed E-state index contributed by atoms with van der Waals surface area (Å²) < 4.78 is 11.3. The van der Waals surface area contributed by atoms with E-state index in [1.165, 1.54) is 0 Å². The first kappa shape index (κ1) is 15.0. The average Bonchev–Trinajstić information content (AvgIpc) is 2.46. The zero-order valence-electron chi connectivity index (χ0n) is 12.0. The van der Waals surface area contributed by atoms with Crippen LogP contribution in [0.4, 0.5) is 5.69 Å². The molecule has 3 unspecified atom stereocenters. The molecule has 0 radical (unpaired) electrons. The molecular weight excluding hydrogens is 272 g/mol. The van der Waals surface area contributed by atoms with Gasteiger partial charge < -0.3 is 10.6 Å². The first-order chi connectivity index (χ1) is 9.59. The van der Waals surface area contributed by atoms with E-state index in [0.717, 1.165) is 30.6 Å². The van der Waals surface area contributed by atoms with Crippen LogP contribution in [0.2, 0.25) is 0 Å². The van der Waals surface area contributed by atoms with Crippen molar-refractivity contribution >= 4 is 22.4 Å². The molecule has 2 N–H and O–H groups in total. The highest BCUT2D eigenvalue weighted by molar-refractivity contribution is 7.84. The number of carbonyl (C=O) groups is 1. The predicted molar refractivity (Wildman–Crippen MR) is 83.4 cm³/mol. The molecule has 1 aromatic rings. The number of nitrogens with one attached hydrogen (secondary N) is 2. The van der Waals surface area contributed by atoms with E-state index in [0.29, 0.717) is 6.54 Å². The second-order valence-electron chi connectivity index (χ2n) is 5.24. The highest BCUT2D eigenvalue weighted by Crippen LogP contribution is 2.31. The number of benzene rings is 1. The van der Waals surface area contributed by atoms with Crippen molar-refractivity contribution in [3.05, 3.63) is 29.8 Å². The van der Waals surface area contributed by atoms with Gasteiger partial charge in [-0.05, 0) is 24.5 Å². The molecule has 0 saturated heterocycles. The Morgan fingerprint density at radius 1 is 1.50 bits per heavy atom. The third-order valence-corrected chi connectivity index (χ3v) is 5.19. The van der Waals surface area contributed by atoms with Crippen LogP contribution in [-0.2, 0) is 15.6 Å². The Morgan fingerprint density at radius 3 is 3.00 bits per heavy atom. The molecule has 1 aromatic carbocycles. The quantitative estimate of drug-likeness (QED) is 0.871. The lowest BCUT2D eigenvalue weighted by Crippen LogP contribution is -2.34. The van der Waals surface area contributed by atoms with Crippen molar-refractivity contribution in [1.29, 1.82) is 0 Å². The maximum absolute atomic E-state index is 12.3. The number of para-hydroxylation sites is 1. The fourth-order valence-corrected chi connectivity index (χ4v) is 2.88. The SMILES string of the molecule is CC(CCNC(=O)C1CCNc2ccccc21)S(C)=O. The van der Waals surface area contributed by atoms with Crippen LogP contribution in [0.15, 0.2) is 24.3 Å². The highest BCUT2D eigenvalue weighted by atomic mass is 32.2. The van der Waals surface area contributed by atoms with Gasteiger partial charge in [0.05, 0.1) is 5.92 Å². The lowest BCUT2D eigenvalue weighted by molar-refractivity contribution is -0.122. The van der Waals surface area contributed by atoms with Gasteiger partial charge in [0, 0.05) is 41.1 Å². The zero-order chi connectivity index (χ0) is 14.5. The van der Waals surface area contributed by atoms with Crippen LogP contribution >= 0.6 is 0 Å². The van der Waals surface area contributed by atoms with Gasteiger partial charge in [0.1, 0.15) is 0 Å². The van der Waals surface area contributed by atoms with Gasteiger partial charge in [0.25, 0.3) is 0 Å². The molecule has 0 aliphatic carbocycles. The zero-order valence-corrected chi connectivity index (χ0v) is 12.8. The third-order valence-electron chi connectivity index (χ3n) is 3.82. The first-order valence-corrected chi connectivity index (χ1v) is 8.64. The second kappa shape index (κ2) is 6.88. The maximum Gasteiger partial charge on any atom is 0.227 e. The number of hydrogen-bond acceptors (Lipinski definition) is 3. The van der Waals surface area contributed by atoms with Crippen molar-refractivity contribution in [3.8, 4) is 0 Å². The number of amides is 1. The molecule has 1 aliphatic heterocycles. The Labute approximate surface area is 122 Å². The Bertz CT molecular complexity index is 504. The summed E-state index contributed by atoms with van der Waals surface area (Å²) >= 11 is 0. The predicted octanol–water partition coefficient (Wildman–Crippen LogP) is 1.86. The van der Waals surface area contributed by atoms with Crippen molar-refractivity contribution in [1.82, 2.24) is 5.32 Å². The number of carbonyl (C=O) groups excluding carboxylic acids is 1. The van der Waals surface area contributed by atoms with Crippen molar-refractivity contribution in [2.75, 3.05) is 24.7 Å². The van der Waals surface area contributed by atoms with Gasteiger partial charge in [-0.1, -0.05) is 25.1 Å². The molecule has 0 fully saturated rings. The van der Waals surface area contributed by atoms with Crippen LogP contribution in [0.25, 0.3) is 0 Å². The van der Waals surface area contributed by atoms with E-state index < -0.39 is 10.8 Å². The minimum atomic E-state index is -0.827. The molecule has 0 aromatic heterocycles. The summed E-state index contributed by atoms with van der Waals surface area (Å²) in [6, 6.07) is 7.96. The molecule has 110 valence electrons. The summed E-state index contributed by atoms with van der Waals surface area (Å²) in [5.74, 6) is 0.00270. The van der Waals surface area contributed by atoms with Crippen molar-refractivity contribution in [2.24, 2.45) is 0 Å². The molecule has 1 heterocycles. The topological polar surface area (TPSA) is 58.2 Å². The molecule has 1 amide bonds. The van der Waals surface area contributed by atoms with Gasteiger partial charge in [-0.25, -0.2) is 0 Å². The van der Waals surface area contributed by atoms with Gasteiger partial charge in [-0.15, -0.1) is 0 Å². The fraction of sp³-hybridized carbons (Fsp3) is 0.533. The van der Waals surface area contributed by atoms with E-state index >= 15 is 0 Å². The van der Waals surface area contributed by atoms with Crippen LogP contribution in [0, 0.1) is 0 Å². The molecule has 1 aliphatic rings. The van der Waals surface area contributed by atoms with Crippen LogP contribution < -0.4 is 10.6 Å². The third kappa shape index (κ3) is 3.60. The smallest absolute Gasteiger partial charge is 0.227 e. The number of anilines is 1. The second-order valence-corrected chi connectivity index (χ2v) is 7.05. The lowest BCUT2D eigenvalue weighted by atomic mass is 9.90. The van der Waals surface area contributed by atoms with Gasteiger partial charge in [0.2, 0.25) is 5.91 Å². The molecular formula is C15H22N2O2S. The summed E-state index contributed by atoms with van der Waals surface area (Å²) in [4.78, 5) is 12.3. The van der Waals surface area contributed by atoms with E-state index in [1.807, 2.05) is 31.2 Å². The number of rotatable bonds is 5. The van der Waals surface area contributed by atoms with Crippen LogP contribution in [0.5, 0.6) is 0 Å². The van der Waals surface area contributed by atoms with Crippen LogP contribution in [0.1, 0.15) is 31.2 Å². The Morgan fingerprint density at radius 2 is 2.25 bits per heavy atom. The van der Waals surface area contributed by atoms with Crippen molar-refractivity contribution in [3.63, 3.8) is 0 Å². The van der Waals surface area contributed by atoms with E-state index in [4.69, 9.17) is 0 Å². The maximum atomic E-state index is 12.3. The monoisotopic (exact) mass is 294 g/mol. The molecule has 4 nitrogen and oxygen atoms in total. The Balaban J connectivity index is 1.92. The van der Waals surface area contributed by atoms with Gasteiger partial charge in [-0.3, -0.25) is 9.00 Å². The molecule has 2 rings (SSSR count). The number of fused-ring (bicyclic) bond motifs is 1. The summed E-state index contributed by atoms with van der Waals surface area (Å²) in [5.41, 5.74) is 2.13. The average molecular weight is 294 g/mol. The molecule has 0 spiro atoms. The fourth-order valence-electron chi connectivity index (χ4n) is 2.43. The largest absolute Gasteiger partial charge is 0.385 e. The van der Waals surface area contributed by atoms with E-state index in [1.54, 1.807) is 6.26 Å². The van der Waals surface area contributed by atoms with Gasteiger partial charge in [0.15, 0.2) is 0 Å². The summed E-state index contributed by atoms with van der Waals surface area (Å²) in [5, 5.41) is 6.42. The molecule has 3 atom stereocenters. The highest BCUT2D eigenvalue weighted by Gasteiger charge is 2.25. The van der Waals surface area contributed by atoms with E-state index in [-0.39, 0.29) is 17.1 Å². The molecule has 20 heavy (non-hydrogen) atoms. The van der Waals surface area contributed by atoms with Crippen LogP contribution in [-0.4, -0.2) is 34.7 Å². The Kier molecular flexibility index (Phi) is 5.17. The normalized spacial score (nSPS) is 20.4. The van der Waals surface area contributed by atoms with Crippen LogP contribution in [0.3, 0.4) is 0 Å². The summed E-state index contributed by atoms with van der Waals surface area (Å²) in [7, 11) is -0.827. The standard InChI is InChI=1S/C15H22N2O2S/c1-11(20(2)19)7-9-17-15(18)13-8-10-16-14-6-4-3-5-12(13)14/h3-6,11,13,16H,7-10H2,1-2H3,(H,17,18). The lowest BCUT2D eigenvalue weighted by Gasteiger charge is -2.26. The molecule has 5 heteroatoms. The first-order valence-electron chi connectivity index (χ1n) is 7.02. The Hall–Kier alpha value is -1.36. The summed E-state index contributed by atoms with van der Waals surface area (Å²) in [6.07, 6.45) is 3.27. The number of hydrogen-bond donors (Lipinski definition) is 2. The van der Waals surface area contributed by atoms with Gasteiger partial charge >= 0.3 is 0 Å².